The predicted molar refractivity (Wildman–Crippen MR) is 76.8 cm³/mol. The van der Waals surface area contributed by atoms with Gasteiger partial charge in [-0.2, -0.15) is 5.26 Å². The Morgan fingerprint density at radius 2 is 2.19 bits per heavy atom. The molecular formula is C16H12N2O3. The third-order valence-corrected chi connectivity index (χ3v) is 3.35. The second-order valence-electron chi connectivity index (χ2n) is 4.63. The van der Waals surface area contributed by atoms with E-state index in [1.54, 1.807) is 36.5 Å². The summed E-state index contributed by atoms with van der Waals surface area (Å²) in [7, 11) is 0. The topological polar surface area (TPSA) is 75.2 Å². The maximum atomic E-state index is 12.1. The zero-order chi connectivity index (χ0) is 14.8. The monoisotopic (exact) mass is 280 g/mol. The molecule has 0 aliphatic carbocycles. The number of ether oxygens (including phenoxy) is 1. The van der Waals surface area contributed by atoms with E-state index in [9.17, 15) is 9.90 Å². The van der Waals surface area contributed by atoms with Crippen molar-refractivity contribution in [1.82, 2.24) is 4.57 Å². The summed E-state index contributed by atoms with van der Waals surface area (Å²) in [6, 6.07) is 11.9. The van der Waals surface area contributed by atoms with E-state index in [1.165, 1.54) is 10.6 Å². The van der Waals surface area contributed by atoms with Gasteiger partial charge in [-0.25, -0.2) is 0 Å². The molecule has 5 heteroatoms. The standard InChI is InChI=1S/C16H12N2O3/c17-8-11-4-5-14-13(7-11)16(12(9-19)10-21-14)18-6-2-1-3-15(18)20/h1-7,19H,9-10H2. The van der Waals surface area contributed by atoms with Gasteiger partial charge >= 0.3 is 0 Å². The van der Waals surface area contributed by atoms with Gasteiger partial charge in [0.2, 0.25) is 0 Å². The summed E-state index contributed by atoms with van der Waals surface area (Å²) in [4.78, 5) is 12.1. The molecule has 5 nitrogen and oxygen atoms in total. The van der Waals surface area contributed by atoms with E-state index < -0.39 is 0 Å². The number of pyridine rings is 1. The van der Waals surface area contributed by atoms with E-state index in [0.717, 1.165) is 0 Å². The Bertz CT molecular complexity index is 828. The van der Waals surface area contributed by atoms with Crippen molar-refractivity contribution in [3.8, 4) is 11.8 Å². The summed E-state index contributed by atoms with van der Waals surface area (Å²) in [6.45, 7) is -0.00104. The third-order valence-electron chi connectivity index (χ3n) is 3.35. The van der Waals surface area contributed by atoms with Crippen molar-refractivity contribution in [2.24, 2.45) is 0 Å². The maximum absolute atomic E-state index is 12.1. The lowest BCUT2D eigenvalue weighted by molar-refractivity contribution is 0.283. The minimum Gasteiger partial charge on any atom is -0.488 e. The second kappa shape index (κ2) is 5.27. The van der Waals surface area contributed by atoms with E-state index in [1.807, 2.05) is 0 Å². The van der Waals surface area contributed by atoms with Crippen molar-refractivity contribution in [2.45, 2.75) is 0 Å². The number of benzene rings is 1. The van der Waals surface area contributed by atoms with E-state index in [-0.39, 0.29) is 18.8 Å². The fraction of sp³-hybridized carbons (Fsp3) is 0.125. The minimum atomic E-state index is -0.215. The van der Waals surface area contributed by atoms with Crippen LogP contribution < -0.4 is 10.3 Å². The molecule has 0 amide bonds. The number of hydrogen-bond acceptors (Lipinski definition) is 4. The Balaban J connectivity index is 2.31. The van der Waals surface area contributed by atoms with Gasteiger partial charge in [-0.3, -0.25) is 9.36 Å². The molecular weight excluding hydrogens is 268 g/mol. The Labute approximate surface area is 121 Å². The van der Waals surface area contributed by atoms with Gasteiger partial charge in [-0.15, -0.1) is 0 Å². The van der Waals surface area contributed by atoms with E-state index >= 15 is 0 Å². The highest BCUT2D eigenvalue weighted by atomic mass is 16.5. The van der Waals surface area contributed by atoms with Gasteiger partial charge in [0.15, 0.2) is 0 Å². The summed E-state index contributed by atoms with van der Waals surface area (Å²) in [5, 5.41) is 18.6. The summed E-state index contributed by atoms with van der Waals surface area (Å²) >= 11 is 0. The van der Waals surface area contributed by atoms with Crippen molar-refractivity contribution in [2.75, 3.05) is 13.2 Å². The molecule has 0 radical (unpaired) electrons. The smallest absolute Gasteiger partial charge is 0.255 e. The number of aromatic nitrogens is 1. The molecule has 0 atom stereocenters. The van der Waals surface area contributed by atoms with Crippen molar-refractivity contribution >= 4 is 5.70 Å². The number of fused-ring (bicyclic) bond motifs is 1. The van der Waals surface area contributed by atoms with E-state index in [4.69, 9.17) is 10.00 Å². The molecule has 1 aromatic carbocycles. The summed E-state index contributed by atoms with van der Waals surface area (Å²) < 4.78 is 7.04. The van der Waals surface area contributed by atoms with Crippen LogP contribution in [0.4, 0.5) is 0 Å². The third kappa shape index (κ3) is 2.22. The zero-order valence-electron chi connectivity index (χ0n) is 11.1. The van der Waals surface area contributed by atoms with Gasteiger partial charge in [0.25, 0.3) is 5.56 Å². The van der Waals surface area contributed by atoms with Gasteiger partial charge in [-0.1, -0.05) is 6.07 Å². The SMILES string of the molecule is N#Cc1ccc2c(c1)C(n1ccccc1=O)=C(CO)CO2. The lowest BCUT2D eigenvalue weighted by atomic mass is 10.0. The van der Waals surface area contributed by atoms with Gasteiger partial charge < -0.3 is 9.84 Å². The highest BCUT2D eigenvalue weighted by Gasteiger charge is 2.22. The number of rotatable bonds is 2. The van der Waals surface area contributed by atoms with Crippen molar-refractivity contribution < 1.29 is 9.84 Å². The molecule has 2 heterocycles. The molecule has 3 rings (SSSR count). The molecule has 0 unspecified atom stereocenters. The first-order valence-corrected chi connectivity index (χ1v) is 6.43. The second-order valence-corrected chi connectivity index (χ2v) is 4.63. The molecule has 0 saturated heterocycles. The Morgan fingerprint density at radius 1 is 1.33 bits per heavy atom. The van der Waals surface area contributed by atoms with Gasteiger partial charge in [-0.05, 0) is 24.3 Å². The minimum absolute atomic E-state index is 0.200. The molecule has 104 valence electrons. The first-order chi connectivity index (χ1) is 10.2. The van der Waals surface area contributed by atoms with Crippen LogP contribution in [0.1, 0.15) is 11.1 Å². The van der Waals surface area contributed by atoms with Crippen LogP contribution in [0.2, 0.25) is 0 Å². The molecule has 1 N–H and O–H groups in total. The molecule has 0 bridgehead atoms. The average molecular weight is 280 g/mol. The first kappa shape index (κ1) is 13.2. The number of hydrogen-bond donors (Lipinski definition) is 1. The number of nitrogens with zero attached hydrogens (tertiary/aromatic N) is 2. The quantitative estimate of drug-likeness (QED) is 0.901. The van der Waals surface area contributed by atoms with Crippen molar-refractivity contribution in [1.29, 1.82) is 5.26 Å². The first-order valence-electron chi connectivity index (χ1n) is 6.43. The highest BCUT2D eigenvalue weighted by Crippen LogP contribution is 2.33. The highest BCUT2D eigenvalue weighted by molar-refractivity contribution is 5.76. The van der Waals surface area contributed by atoms with Crippen LogP contribution in [0.15, 0.2) is 53.0 Å². The van der Waals surface area contributed by atoms with Gasteiger partial charge in [0.05, 0.1) is 23.9 Å². The maximum Gasteiger partial charge on any atom is 0.255 e. The number of aliphatic hydroxyl groups excluding tert-OH is 1. The van der Waals surface area contributed by atoms with Crippen LogP contribution in [-0.2, 0) is 0 Å². The molecule has 0 fully saturated rings. The largest absolute Gasteiger partial charge is 0.488 e. The molecule has 1 aliphatic heterocycles. The molecule has 21 heavy (non-hydrogen) atoms. The van der Waals surface area contributed by atoms with Crippen LogP contribution in [0.3, 0.4) is 0 Å². The fourth-order valence-corrected chi connectivity index (χ4v) is 2.37. The van der Waals surface area contributed by atoms with E-state index in [0.29, 0.717) is 28.1 Å². The van der Waals surface area contributed by atoms with Crippen LogP contribution in [0.25, 0.3) is 5.70 Å². The fourth-order valence-electron chi connectivity index (χ4n) is 2.37. The van der Waals surface area contributed by atoms with Gasteiger partial charge in [0, 0.05) is 23.4 Å². The molecule has 0 spiro atoms. The Morgan fingerprint density at radius 3 is 2.90 bits per heavy atom. The lowest BCUT2D eigenvalue weighted by Gasteiger charge is -2.24. The number of nitriles is 1. The summed E-state index contributed by atoms with van der Waals surface area (Å²) in [5.41, 5.74) is 2.09. The molecule has 1 aliphatic rings. The van der Waals surface area contributed by atoms with E-state index in [2.05, 4.69) is 6.07 Å². The van der Waals surface area contributed by atoms with Crippen LogP contribution in [0, 0.1) is 11.3 Å². The van der Waals surface area contributed by atoms with Crippen molar-refractivity contribution in [3.05, 3.63) is 69.6 Å². The van der Waals surface area contributed by atoms with Crippen molar-refractivity contribution in [3.63, 3.8) is 0 Å². The summed E-state index contributed by atoms with van der Waals surface area (Å²) in [6.07, 6.45) is 1.64. The lowest BCUT2D eigenvalue weighted by Crippen LogP contribution is -2.24. The zero-order valence-corrected chi connectivity index (χ0v) is 11.1. The molecule has 1 aromatic heterocycles. The average Bonchev–Trinajstić information content (AvgIpc) is 2.54. The molecule has 2 aromatic rings. The normalized spacial score (nSPS) is 13.3. The number of aliphatic hydroxyl groups is 1. The summed E-state index contributed by atoms with van der Waals surface area (Å²) in [5.74, 6) is 0.594. The Hall–Kier alpha value is -2.84. The molecule has 0 saturated carbocycles. The van der Waals surface area contributed by atoms with Gasteiger partial charge in [0.1, 0.15) is 12.4 Å². The van der Waals surface area contributed by atoms with Crippen LogP contribution in [-0.4, -0.2) is 22.9 Å². The predicted octanol–water partition coefficient (Wildman–Crippen LogP) is 1.36. The van der Waals surface area contributed by atoms with Crippen LogP contribution >= 0.6 is 0 Å². The Kier molecular flexibility index (Phi) is 3.30. The van der Waals surface area contributed by atoms with Crippen LogP contribution in [0.5, 0.6) is 5.75 Å².